The molecule has 150 valence electrons. The molecular weight excluding hydrogens is 373 g/mol. The van der Waals surface area contributed by atoms with Crippen molar-refractivity contribution in [3.63, 3.8) is 0 Å². The number of ether oxygens (including phenoxy) is 1. The molecule has 1 saturated heterocycles. The van der Waals surface area contributed by atoms with Crippen LogP contribution in [0.15, 0.2) is 48.8 Å². The topological polar surface area (TPSA) is 83.1 Å². The van der Waals surface area contributed by atoms with Crippen molar-refractivity contribution >= 4 is 11.9 Å². The Hall–Kier alpha value is -3.42. The molecule has 0 radical (unpaired) electrons. The van der Waals surface area contributed by atoms with Gasteiger partial charge in [0.15, 0.2) is 11.6 Å². The number of benzene rings is 1. The summed E-state index contributed by atoms with van der Waals surface area (Å²) in [4.78, 5) is 26.6. The summed E-state index contributed by atoms with van der Waals surface area (Å²) in [7, 11) is 1.41. The molecule has 1 atom stereocenters. The van der Waals surface area contributed by atoms with E-state index in [1.54, 1.807) is 12.3 Å². The molecule has 1 aliphatic heterocycles. The third-order valence-electron chi connectivity index (χ3n) is 4.93. The maximum absolute atomic E-state index is 13.8. The minimum Gasteiger partial charge on any atom is -0.494 e. The number of methoxy groups -OCH3 is 1. The first-order chi connectivity index (χ1) is 14.1. The van der Waals surface area contributed by atoms with Crippen molar-refractivity contribution < 1.29 is 13.9 Å². The van der Waals surface area contributed by atoms with E-state index in [0.717, 1.165) is 24.4 Å². The van der Waals surface area contributed by atoms with Gasteiger partial charge in [-0.1, -0.05) is 6.07 Å². The van der Waals surface area contributed by atoms with E-state index in [9.17, 15) is 9.18 Å². The molecule has 0 aliphatic carbocycles. The number of anilines is 1. The van der Waals surface area contributed by atoms with Crippen LogP contribution in [0.3, 0.4) is 0 Å². The van der Waals surface area contributed by atoms with Gasteiger partial charge < -0.3 is 19.9 Å². The zero-order chi connectivity index (χ0) is 20.2. The summed E-state index contributed by atoms with van der Waals surface area (Å²) in [6, 6.07) is 10.3. The summed E-state index contributed by atoms with van der Waals surface area (Å²) in [6.45, 7) is 1.40. The Labute approximate surface area is 167 Å². The fourth-order valence-electron chi connectivity index (χ4n) is 3.48. The van der Waals surface area contributed by atoms with Crippen LogP contribution in [0, 0.1) is 5.82 Å². The van der Waals surface area contributed by atoms with Gasteiger partial charge in [0.05, 0.1) is 24.9 Å². The van der Waals surface area contributed by atoms with Gasteiger partial charge in [0.2, 0.25) is 11.9 Å². The van der Waals surface area contributed by atoms with Gasteiger partial charge in [-0.25, -0.2) is 14.4 Å². The van der Waals surface area contributed by atoms with Gasteiger partial charge in [0.1, 0.15) is 0 Å². The van der Waals surface area contributed by atoms with E-state index in [-0.39, 0.29) is 24.1 Å². The van der Waals surface area contributed by atoms with Gasteiger partial charge in [-0.3, -0.25) is 4.79 Å². The smallest absolute Gasteiger partial charge is 0.225 e. The Balaban J connectivity index is 1.35. The van der Waals surface area contributed by atoms with Crippen LogP contribution < -0.4 is 15.0 Å². The average molecular weight is 395 g/mol. The highest BCUT2D eigenvalue weighted by Gasteiger charge is 2.26. The Morgan fingerprint density at radius 3 is 3.03 bits per heavy atom. The lowest BCUT2D eigenvalue weighted by molar-refractivity contribution is -0.121. The number of aromatic amines is 1. The van der Waals surface area contributed by atoms with Gasteiger partial charge in [-0.05, 0) is 42.3 Å². The van der Waals surface area contributed by atoms with Crippen LogP contribution in [-0.4, -0.2) is 47.1 Å². The third kappa shape index (κ3) is 4.37. The quantitative estimate of drug-likeness (QED) is 0.670. The van der Waals surface area contributed by atoms with E-state index in [1.807, 2.05) is 24.4 Å². The van der Waals surface area contributed by atoms with E-state index >= 15 is 0 Å². The van der Waals surface area contributed by atoms with Crippen LogP contribution in [0.5, 0.6) is 5.75 Å². The number of carbonyl (C=O) groups is 1. The Morgan fingerprint density at radius 2 is 2.28 bits per heavy atom. The lowest BCUT2D eigenvalue weighted by Crippen LogP contribution is -2.38. The first-order valence-electron chi connectivity index (χ1n) is 9.46. The molecule has 0 bridgehead atoms. The van der Waals surface area contributed by atoms with Crippen LogP contribution in [-0.2, 0) is 11.2 Å². The van der Waals surface area contributed by atoms with Crippen molar-refractivity contribution in [2.24, 2.45) is 0 Å². The molecule has 29 heavy (non-hydrogen) atoms. The van der Waals surface area contributed by atoms with Gasteiger partial charge >= 0.3 is 0 Å². The SMILES string of the molecule is COc1ccc(CC(=O)NC2CCN(c3nccc(-c4ccc[nH]4)n3)C2)cc1F. The zero-order valence-electron chi connectivity index (χ0n) is 16.1. The van der Waals surface area contributed by atoms with Gasteiger partial charge in [-0.2, -0.15) is 0 Å². The Bertz CT molecular complexity index is 992. The van der Waals surface area contributed by atoms with Crippen LogP contribution in [0.25, 0.3) is 11.4 Å². The molecule has 1 fully saturated rings. The van der Waals surface area contributed by atoms with Crippen molar-refractivity contribution in [1.29, 1.82) is 0 Å². The molecule has 0 saturated carbocycles. The molecule has 7 nitrogen and oxygen atoms in total. The van der Waals surface area contributed by atoms with E-state index in [0.29, 0.717) is 18.1 Å². The van der Waals surface area contributed by atoms with Crippen LogP contribution in [0.4, 0.5) is 10.3 Å². The lowest BCUT2D eigenvalue weighted by atomic mass is 10.1. The molecule has 4 rings (SSSR count). The van der Waals surface area contributed by atoms with Crippen molar-refractivity contribution in [2.45, 2.75) is 18.9 Å². The summed E-state index contributed by atoms with van der Waals surface area (Å²) in [5.74, 6) is 0.208. The van der Waals surface area contributed by atoms with Crippen LogP contribution in [0.1, 0.15) is 12.0 Å². The zero-order valence-corrected chi connectivity index (χ0v) is 16.1. The predicted molar refractivity (Wildman–Crippen MR) is 107 cm³/mol. The number of aromatic nitrogens is 3. The maximum atomic E-state index is 13.8. The van der Waals surface area contributed by atoms with E-state index in [4.69, 9.17) is 4.74 Å². The highest BCUT2D eigenvalue weighted by atomic mass is 19.1. The monoisotopic (exact) mass is 395 g/mol. The van der Waals surface area contributed by atoms with Gasteiger partial charge in [0.25, 0.3) is 0 Å². The summed E-state index contributed by atoms with van der Waals surface area (Å²) >= 11 is 0. The lowest BCUT2D eigenvalue weighted by Gasteiger charge is -2.17. The highest BCUT2D eigenvalue weighted by Crippen LogP contribution is 2.21. The summed E-state index contributed by atoms with van der Waals surface area (Å²) < 4.78 is 18.7. The van der Waals surface area contributed by atoms with E-state index in [2.05, 4.69) is 25.2 Å². The minimum absolute atomic E-state index is 0.00309. The molecule has 0 spiro atoms. The largest absolute Gasteiger partial charge is 0.494 e. The normalized spacial score (nSPS) is 16.1. The number of hydrogen-bond donors (Lipinski definition) is 2. The number of nitrogens with zero attached hydrogens (tertiary/aromatic N) is 3. The number of amides is 1. The van der Waals surface area contributed by atoms with Crippen molar-refractivity contribution in [3.05, 3.63) is 60.2 Å². The van der Waals surface area contributed by atoms with E-state index in [1.165, 1.54) is 19.2 Å². The Morgan fingerprint density at radius 1 is 1.38 bits per heavy atom. The molecule has 2 aromatic heterocycles. The molecule has 8 heteroatoms. The molecule has 2 N–H and O–H groups in total. The standard InChI is InChI=1S/C21H22FN5O2/c1-29-19-5-4-14(11-16(19)22)12-20(28)25-15-7-10-27(13-15)21-24-9-6-18(26-21)17-3-2-8-23-17/h2-6,8-9,11,15,23H,7,10,12-13H2,1H3,(H,25,28). The van der Waals surface area contributed by atoms with E-state index < -0.39 is 5.82 Å². The molecule has 1 amide bonds. The van der Waals surface area contributed by atoms with Crippen molar-refractivity contribution in [1.82, 2.24) is 20.3 Å². The molecule has 3 heterocycles. The number of halogens is 1. The second-order valence-electron chi connectivity index (χ2n) is 6.97. The average Bonchev–Trinajstić information content (AvgIpc) is 3.40. The number of carbonyl (C=O) groups excluding carboxylic acids is 1. The maximum Gasteiger partial charge on any atom is 0.225 e. The van der Waals surface area contributed by atoms with Crippen LogP contribution >= 0.6 is 0 Å². The fraction of sp³-hybridized carbons (Fsp3) is 0.286. The number of rotatable bonds is 6. The van der Waals surface area contributed by atoms with Crippen molar-refractivity contribution in [2.75, 3.05) is 25.1 Å². The highest BCUT2D eigenvalue weighted by molar-refractivity contribution is 5.79. The summed E-state index contributed by atoms with van der Waals surface area (Å²) in [6.07, 6.45) is 4.52. The first kappa shape index (κ1) is 18.9. The number of hydrogen-bond acceptors (Lipinski definition) is 5. The summed E-state index contributed by atoms with van der Waals surface area (Å²) in [5.41, 5.74) is 2.37. The number of H-pyrrole nitrogens is 1. The third-order valence-corrected chi connectivity index (χ3v) is 4.93. The van der Waals surface area contributed by atoms with Gasteiger partial charge in [-0.15, -0.1) is 0 Å². The molecular formula is C21H22FN5O2. The second-order valence-corrected chi connectivity index (χ2v) is 6.97. The van der Waals surface area contributed by atoms with Crippen LogP contribution in [0.2, 0.25) is 0 Å². The predicted octanol–water partition coefficient (Wildman–Crippen LogP) is 2.56. The first-order valence-corrected chi connectivity index (χ1v) is 9.46. The molecule has 3 aromatic rings. The number of nitrogens with one attached hydrogen (secondary N) is 2. The molecule has 1 aromatic carbocycles. The molecule has 1 aliphatic rings. The Kier molecular flexibility index (Phi) is 5.41. The summed E-state index contributed by atoms with van der Waals surface area (Å²) in [5, 5.41) is 3.02. The van der Waals surface area contributed by atoms with Gasteiger partial charge in [0, 0.05) is 31.5 Å². The second kappa shape index (κ2) is 8.30. The fourth-order valence-corrected chi connectivity index (χ4v) is 3.48. The van der Waals surface area contributed by atoms with Crippen molar-refractivity contribution in [3.8, 4) is 17.1 Å². The minimum atomic E-state index is -0.469. The molecule has 1 unspecified atom stereocenters.